The molecule has 0 radical (unpaired) electrons. The summed E-state index contributed by atoms with van der Waals surface area (Å²) in [5.41, 5.74) is 1.54. The van der Waals surface area contributed by atoms with Gasteiger partial charge in [0.25, 0.3) is 5.91 Å². The Morgan fingerprint density at radius 3 is 2.69 bits per heavy atom. The minimum Gasteiger partial charge on any atom is -0.329 e. The molecule has 0 saturated carbocycles. The number of halogens is 2. The van der Waals surface area contributed by atoms with Gasteiger partial charge < -0.3 is 10.6 Å². The van der Waals surface area contributed by atoms with Gasteiger partial charge in [-0.2, -0.15) is 4.37 Å². The van der Waals surface area contributed by atoms with Gasteiger partial charge in [0.2, 0.25) is 0 Å². The highest BCUT2D eigenvalue weighted by molar-refractivity contribution is 7.10. The van der Waals surface area contributed by atoms with Gasteiger partial charge in [-0.05, 0) is 36.7 Å². The zero-order valence-corrected chi connectivity index (χ0v) is 14.4. The molecular weight excluding hydrogens is 360 g/mol. The van der Waals surface area contributed by atoms with Gasteiger partial charge >= 0.3 is 0 Å². The molecule has 0 bridgehead atoms. The van der Waals surface area contributed by atoms with E-state index in [1.807, 2.05) is 0 Å². The van der Waals surface area contributed by atoms with Gasteiger partial charge in [0, 0.05) is 11.8 Å². The molecule has 2 heterocycles. The molecule has 0 aliphatic rings. The smallest absolute Gasteiger partial charge is 0.260 e. The highest BCUT2D eigenvalue weighted by Crippen LogP contribution is 2.28. The molecule has 2 aromatic heterocycles. The first-order valence-electron chi connectivity index (χ1n) is 7.42. The number of nitrogens with zero attached hydrogens (tertiary/aromatic N) is 3. The molecule has 1 aromatic carbocycles. The van der Waals surface area contributed by atoms with Gasteiger partial charge in [-0.15, -0.1) is 0 Å². The van der Waals surface area contributed by atoms with Crippen molar-refractivity contribution in [3.63, 3.8) is 0 Å². The van der Waals surface area contributed by atoms with Crippen LogP contribution in [0.1, 0.15) is 21.7 Å². The van der Waals surface area contributed by atoms with Gasteiger partial charge in [-0.3, -0.25) is 9.78 Å². The molecule has 0 aliphatic heterocycles. The van der Waals surface area contributed by atoms with Crippen LogP contribution in [0.5, 0.6) is 0 Å². The number of aromatic nitrogens is 3. The van der Waals surface area contributed by atoms with E-state index in [2.05, 4.69) is 31.6 Å². The summed E-state index contributed by atoms with van der Waals surface area (Å²) in [5, 5.41) is 5.98. The third-order valence-corrected chi connectivity index (χ3v) is 4.24. The van der Waals surface area contributed by atoms with Crippen LogP contribution in [0.15, 0.2) is 37.2 Å². The average Bonchev–Trinajstić information content (AvgIpc) is 2.99. The Morgan fingerprint density at radius 2 is 2.04 bits per heavy atom. The fraction of sp³-hybridized carbons (Fsp3) is 0.0588. The number of hydrogen-bond acceptors (Lipinski definition) is 6. The second-order valence-corrected chi connectivity index (χ2v) is 5.98. The maximum absolute atomic E-state index is 13.3. The van der Waals surface area contributed by atoms with Crippen molar-refractivity contribution in [2.24, 2.45) is 0 Å². The number of nitrogens with one attached hydrogen (secondary N) is 2. The van der Waals surface area contributed by atoms with Gasteiger partial charge in [-0.25, -0.2) is 13.8 Å². The Balaban J connectivity index is 1.82. The lowest BCUT2D eigenvalue weighted by Crippen LogP contribution is -2.14. The third-order valence-electron chi connectivity index (χ3n) is 3.39. The Hall–Kier alpha value is -3.20. The summed E-state index contributed by atoms with van der Waals surface area (Å²) in [7, 11) is 0. The van der Waals surface area contributed by atoms with E-state index < -0.39 is 17.5 Å². The zero-order chi connectivity index (χ0) is 18.7. The van der Waals surface area contributed by atoms with Crippen molar-refractivity contribution in [2.45, 2.75) is 6.92 Å². The van der Waals surface area contributed by atoms with Crippen LogP contribution >= 0.6 is 11.5 Å². The number of carbonyl (C=O) groups excluding carboxylic acids is 1. The van der Waals surface area contributed by atoms with E-state index in [1.165, 1.54) is 18.5 Å². The number of anilines is 3. The second kappa shape index (κ2) is 7.36. The maximum atomic E-state index is 13.3. The minimum atomic E-state index is -1.04. The Bertz CT molecular complexity index is 972. The van der Waals surface area contributed by atoms with Crippen LogP contribution in [0.4, 0.5) is 25.3 Å². The number of carbonyl (C=O) groups is 1. The monoisotopic (exact) mass is 373 g/mol. The maximum Gasteiger partial charge on any atom is 0.260 e. The van der Waals surface area contributed by atoms with E-state index in [-0.39, 0.29) is 11.3 Å². The lowest BCUT2D eigenvalue weighted by atomic mass is 10.2. The summed E-state index contributed by atoms with van der Waals surface area (Å²) in [6, 6.07) is 3.13. The van der Waals surface area contributed by atoms with Crippen LogP contribution in [0.25, 0.3) is 6.08 Å². The predicted molar refractivity (Wildman–Crippen MR) is 96.6 cm³/mol. The van der Waals surface area contributed by atoms with Crippen LogP contribution in [0, 0.1) is 18.6 Å². The van der Waals surface area contributed by atoms with Gasteiger partial charge in [0.15, 0.2) is 11.6 Å². The lowest BCUT2D eigenvalue weighted by molar-refractivity contribution is 0.102. The highest BCUT2D eigenvalue weighted by Gasteiger charge is 2.19. The Labute approximate surface area is 151 Å². The molecule has 0 aliphatic carbocycles. The van der Waals surface area contributed by atoms with Crippen LogP contribution in [0.3, 0.4) is 0 Å². The van der Waals surface area contributed by atoms with Crippen molar-refractivity contribution >= 4 is 40.0 Å². The first-order valence-corrected chi connectivity index (χ1v) is 8.19. The fourth-order valence-electron chi connectivity index (χ4n) is 2.11. The largest absolute Gasteiger partial charge is 0.329 e. The van der Waals surface area contributed by atoms with E-state index >= 15 is 0 Å². The zero-order valence-electron chi connectivity index (χ0n) is 13.6. The highest BCUT2D eigenvalue weighted by atomic mass is 32.1. The normalized spacial score (nSPS) is 10.4. The molecule has 0 spiro atoms. The van der Waals surface area contributed by atoms with E-state index in [4.69, 9.17) is 0 Å². The summed E-state index contributed by atoms with van der Waals surface area (Å²) in [6.07, 6.45) is 4.60. The molecule has 3 aromatic rings. The van der Waals surface area contributed by atoms with Gasteiger partial charge in [0.05, 0.1) is 29.3 Å². The molecule has 3 rings (SSSR count). The van der Waals surface area contributed by atoms with Crippen LogP contribution in [-0.2, 0) is 0 Å². The summed E-state index contributed by atoms with van der Waals surface area (Å²) in [4.78, 5) is 20.8. The minimum absolute atomic E-state index is 0.139. The molecule has 0 unspecified atom stereocenters. The number of amides is 1. The van der Waals surface area contributed by atoms with E-state index in [1.54, 1.807) is 13.0 Å². The molecule has 26 heavy (non-hydrogen) atoms. The van der Waals surface area contributed by atoms with Crippen LogP contribution in [0.2, 0.25) is 0 Å². The lowest BCUT2D eigenvalue weighted by Gasteiger charge is -2.08. The molecule has 0 saturated heterocycles. The summed E-state index contributed by atoms with van der Waals surface area (Å²) < 4.78 is 30.5. The third kappa shape index (κ3) is 3.72. The van der Waals surface area contributed by atoms with Gasteiger partial charge in [-0.1, -0.05) is 6.58 Å². The first kappa shape index (κ1) is 17.6. The molecule has 0 fully saturated rings. The van der Waals surface area contributed by atoms with E-state index in [0.29, 0.717) is 22.2 Å². The quantitative estimate of drug-likeness (QED) is 0.702. The summed E-state index contributed by atoms with van der Waals surface area (Å²) in [6.45, 7) is 5.28. The number of aryl methyl sites for hydroxylation is 1. The standard InChI is InChI=1S/C17H13F2N5OS/c1-3-10-7-21-14(8-20-10)23-17-15(9(2)24-26-17)16(25)22-11-4-5-12(18)13(19)6-11/h3-8H,1H2,2H3,(H,21,23)(H,22,25). The molecule has 9 heteroatoms. The summed E-state index contributed by atoms with van der Waals surface area (Å²) in [5.74, 6) is -2.10. The van der Waals surface area contributed by atoms with Crippen molar-refractivity contribution in [3.05, 3.63) is 65.8 Å². The molecule has 132 valence electrons. The fourth-order valence-corrected chi connectivity index (χ4v) is 2.92. The van der Waals surface area contributed by atoms with Gasteiger partial charge in [0.1, 0.15) is 10.8 Å². The number of benzene rings is 1. The molecule has 1 amide bonds. The molecule has 0 atom stereocenters. The number of rotatable bonds is 5. The van der Waals surface area contributed by atoms with E-state index in [0.717, 1.165) is 23.7 Å². The topological polar surface area (TPSA) is 79.8 Å². The van der Waals surface area contributed by atoms with Crippen molar-refractivity contribution in [1.82, 2.24) is 14.3 Å². The van der Waals surface area contributed by atoms with Crippen LogP contribution in [-0.4, -0.2) is 20.2 Å². The van der Waals surface area contributed by atoms with Crippen LogP contribution < -0.4 is 10.6 Å². The van der Waals surface area contributed by atoms with Crippen molar-refractivity contribution in [3.8, 4) is 0 Å². The Morgan fingerprint density at radius 1 is 1.23 bits per heavy atom. The molecule has 2 N–H and O–H groups in total. The Kier molecular flexibility index (Phi) is 4.99. The molecular formula is C17H13F2N5OS. The summed E-state index contributed by atoms with van der Waals surface area (Å²) >= 11 is 1.08. The average molecular weight is 373 g/mol. The first-order chi connectivity index (χ1) is 12.5. The second-order valence-electron chi connectivity index (χ2n) is 5.21. The van der Waals surface area contributed by atoms with Crippen molar-refractivity contribution in [2.75, 3.05) is 10.6 Å². The SMILES string of the molecule is C=Cc1cnc(Nc2snc(C)c2C(=O)Nc2ccc(F)c(F)c2)cn1. The van der Waals surface area contributed by atoms with Crippen molar-refractivity contribution < 1.29 is 13.6 Å². The van der Waals surface area contributed by atoms with Crippen molar-refractivity contribution in [1.29, 1.82) is 0 Å². The predicted octanol–water partition coefficient (Wildman–Crippen LogP) is 4.16. The number of hydrogen-bond donors (Lipinski definition) is 2. The molecule has 6 nitrogen and oxygen atoms in total. The van der Waals surface area contributed by atoms with E-state index in [9.17, 15) is 13.6 Å².